The van der Waals surface area contributed by atoms with E-state index in [1.165, 1.54) is 0 Å². The van der Waals surface area contributed by atoms with Gasteiger partial charge in [0.15, 0.2) is 5.13 Å². The zero-order valence-electron chi connectivity index (χ0n) is 18.5. The predicted octanol–water partition coefficient (Wildman–Crippen LogP) is 4.98. The van der Waals surface area contributed by atoms with Gasteiger partial charge < -0.3 is 15.0 Å². The SMILES string of the molecule is CN(c1nc2c(s1)-c1cc(F)c(-c3cn[nH]c3)cc1OC2)C1CC(C)(C)NC(C)(C)C1. The lowest BCUT2D eigenvalue weighted by Gasteiger charge is -2.48. The number of H-pyrrole nitrogens is 1. The van der Waals surface area contributed by atoms with Gasteiger partial charge in [-0.2, -0.15) is 5.10 Å². The van der Waals surface area contributed by atoms with Crippen LogP contribution < -0.4 is 15.0 Å². The molecule has 8 heteroatoms. The van der Waals surface area contributed by atoms with Gasteiger partial charge in [0, 0.05) is 47.1 Å². The topological polar surface area (TPSA) is 66.1 Å². The van der Waals surface area contributed by atoms with E-state index in [9.17, 15) is 4.39 Å². The fourth-order valence-corrected chi connectivity index (χ4v) is 6.24. The van der Waals surface area contributed by atoms with Crippen molar-refractivity contribution in [3.63, 3.8) is 0 Å². The van der Waals surface area contributed by atoms with Gasteiger partial charge in [0.1, 0.15) is 18.2 Å². The Morgan fingerprint density at radius 1 is 1.16 bits per heavy atom. The van der Waals surface area contributed by atoms with Crippen molar-refractivity contribution in [3.05, 3.63) is 36.0 Å². The van der Waals surface area contributed by atoms with Gasteiger partial charge >= 0.3 is 0 Å². The first-order valence-corrected chi connectivity index (χ1v) is 11.4. The summed E-state index contributed by atoms with van der Waals surface area (Å²) in [5, 5.41) is 11.4. The minimum absolute atomic E-state index is 0.0554. The van der Waals surface area contributed by atoms with E-state index in [2.05, 4.69) is 55.2 Å². The minimum atomic E-state index is -0.290. The number of aromatic nitrogens is 3. The molecule has 0 spiro atoms. The predicted molar refractivity (Wildman–Crippen MR) is 122 cm³/mol. The van der Waals surface area contributed by atoms with Crippen molar-refractivity contribution in [3.8, 4) is 27.3 Å². The molecule has 0 saturated carbocycles. The summed E-state index contributed by atoms with van der Waals surface area (Å²) in [7, 11) is 2.12. The van der Waals surface area contributed by atoms with Crippen molar-refractivity contribution in [2.45, 2.75) is 64.3 Å². The second-order valence-corrected chi connectivity index (χ2v) is 10.9. The van der Waals surface area contributed by atoms with E-state index < -0.39 is 0 Å². The van der Waals surface area contributed by atoms with Crippen LogP contribution in [-0.4, -0.2) is 39.3 Å². The summed E-state index contributed by atoms with van der Waals surface area (Å²) >= 11 is 1.62. The van der Waals surface area contributed by atoms with Crippen LogP contribution in [-0.2, 0) is 6.61 Å². The molecule has 2 aromatic heterocycles. The van der Waals surface area contributed by atoms with Crippen molar-refractivity contribution in [1.29, 1.82) is 0 Å². The second kappa shape index (κ2) is 7.03. The van der Waals surface area contributed by atoms with Gasteiger partial charge in [-0.05, 0) is 52.7 Å². The number of nitrogens with zero attached hydrogens (tertiary/aromatic N) is 3. The first-order chi connectivity index (χ1) is 14.6. The molecule has 0 aliphatic carbocycles. The normalized spacial score (nSPS) is 19.4. The molecule has 0 unspecified atom stereocenters. The Bertz CT molecular complexity index is 1110. The highest BCUT2D eigenvalue weighted by atomic mass is 32.1. The van der Waals surface area contributed by atoms with E-state index in [1.54, 1.807) is 35.9 Å². The number of piperidine rings is 1. The molecule has 0 radical (unpaired) electrons. The molecule has 31 heavy (non-hydrogen) atoms. The number of hydrogen-bond donors (Lipinski definition) is 2. The van der Waals surface area contributed by atoms with Crippen LogP contribution in [0.2, 0.25) is 0 Å². The Balaban J connectivity index is 1.48. The molecular formula is C23H28FN5OS. The lowest BCUT2D eigenvalue weighted by atomic mass is 9.79. The maximum atomic E-state index is 14.9. The van der Waals surface area contributed by atoms with Crippen LogP contribution in [0, 0.1) is 5.82 Å². The van der Waals surface area contributed by atoms with Gasteiger partial charge in [-0.3, -0.25) is 5.10 Å². The van der Waals surface area contributed by atoms with Crippen LogP contribution in [0.3, 0.4) is 0 Å². The van der Waals surface area contributed by atoms with Crippen molar-refractivity contribution in [2.75, 3.05) is 11.9 Å². The lowest BCUT2D eigenvalue weighted by molar-refractivity contribution is 0.161. The number of halogens is 1. The molecule has 0 bridgehead atoms. The Morgan fingerprint density at radius 3 is 2.58 bits per heavy atom. The molecule has 4 heterocycles. The minimum Gasteiger partial charge on any atom is -0.487 e. The molecule has 0 amide bonds. The quantitative estimate of drug-likeness (QED) is 0.600. The van der Waals surface area contributed by atoms with E-state index in [4.69, 9.17) is 9.72 Å². The zero-order valence-corrected chi connectivity index (χ0v) is 19.4. The average molecular weight is 442 g/mol. The number of ether oxygens (including phenoxy) is 1. The van der Waals surface area contributed by atoms with E-state index >= 15 is 0 Å². The monoisotopic (exact) mass is 441 g/mol. The summed E-state index contributed by atoms with van der Waals surface area (Å²) in [4.78, 5) is 8.17. The van der Waals surface area contributed by atoms with Gasteiger partial charge in [0.05, 0.1) is 16.8 Å². The van der Waals surface area contributed by atoms with Crippen molar-refractivity contribution in [2.24, 2.45) is 0 Å². The fourth-order valence-electron chi connectivity index (χ4n) is 5.11. The Kier molecular flexibility index (Phi) is 4.64. The number of fused-ring (bicyclic) bond motifs is 3. The maximum Gasteiger partial charge on any atom is 0.186 e. The highest BCUT2D eigenvalue weighted by Crippen LogP contribution is 2.46. The number of aromatic amines is 1. The van der Waals surface area contributed by atoms with Gasteiger partial charge in [-0.15, -0.1) is 0 Å². The standard InChI is InChI=1S/C23H28FN5OS/c1-22(2)8-14(9-23(3,4)28-22)29(5)21-27-18-12-30-19-7-15(13-10-25-26-11-13)17(24)6-16(19)20(18)31-21/h6-7,10-11,14,28H,8-9,12H2,1-5H3,(H,25,26). The van der Waals surface area contributed by atoms with Crippen molar-refractivity contribution >= 4 is 16.5 Å². The van der Waals surface area contributed by atoms with Crippen LogP contribution in [0.1, 0.15) is 46.2 Å². The number of hydrogen-bond acceptors (Lipinski definition) is 6. The fraction of sp³-hybridized carbons (Fsp3) is 0.478. The Morgan fingerprint density at radius 2 is 1.90 bits per heavy atom. The van der Waals surface area contributed by atoms with Crippen LogP contribution in [0.25, 0.3) is 21.6 Å². The van der Waals surface area contributed by atoms with Gasteiger partial charge in [0.25, 0.3) is 0 Å². The molecule has 2 aliphatic heterocycles. The maximum absolute atomic E-state index is 14.9. The smallest absolute Gasteiger partial charge is 0.186 e. The molecule has 1 fully saturated rings. The third-order valence-electron chi connectivity index (χ3n) is 6.19. The second-order valence-electron chi connectivity index (χ2n) is 9.94. The lowest BCUT2D eigenvalue weighted by Crippen LogP contribution is -2.61. The third-order valence-corrected chi connectivity index (χ3v) is 7.41. The van der Waals surface area contributed by atoms with E-state index in [0.29, 0.717) is 29.5 Å². The highest BCUT2D eigenvalue weighted by Gasteiger charge is 2.40. The molecule has 1 aromatic carbocycles. The Hall–Kier alpha value is -2.45. The largest absolute Gasteiger partial charge is 0.487 e. The van der Waals surface area contributed by atoms with Gasteiger partial charge in [-0.1, -0.05) is 11.3 Å². The van der Waals surface area contributed by atoms with Crippen LogP contribution >= 0.6 is 11.3 Å². The molecule has 3 aromatic rings. The van der Waals surface area contributed by atoms with Gasteiger partial charge in [0.2, 0.25) is 0 Å². The van der Waals surface area contributed by atoms with Crippen molar-refractivity contribution in [1.82, 2.24) is 20.5 Å². The number of nitrogens with one attached hydrogen (secondary N) is 2. The summed E-state index contributed by atoms with van der Waals surface area (Å²) in [6, 6.07) is 3.70. The summed E-state index contributed by atoms with van der Waals surface area (Å²) < 4.78 is 20.9. The van der Waals surface area contributed by atoms with E-state index in [0.717, 1.165) is 34.1 Å². The molecule has 0 atom stereocenters. The summed E-state index contributed by atoms with van der Waals surface area (Å²) in [6.45, 7) is 9.42. The molecule has 164 valence electrons. The summed E-state index contributed by atoms with van der Waals surface area (Å²) in [5.41, 5.74) is 2.95. The third kappa shape index (κ3) is 3.72. The average Bonchev–Trinajstić information content (AvgIpc) is 3.34. The van der Waals surface area contributed by atoms with Crippen molar-refractivity contribution < 1.29 is 9.13 Å². The molecule has 2 N–H and O–H groups in total. The molecule has 5 rings (SSSR count). The van der Waals surface area contributed by atoms with Gasteiger partial charge in [-0.25, -0.2) is 9.37 Å². The summed E-state index contributed by atoms with van der Waals surface area (Å²) in [5.74, 6) is 0.397. The van der Waals surface area contributed by atoms with Crippen LogP contribution in [0.5, 0.6) is 5.75 Å². The summed E-state index contributed by atoms with van der Waals surface area (Å²) in [6.07, 6.45) is 5.36. The number of rotatable bonds is 3. The molecule has 2 aliphatic rings. The number of anilines is 1. The zero-order chi connectivity index (χ0) is 22.0. The molecular weight excluding hydrogens is 413 g/mol. The number of benzene rings is 1. The first kappa shape index (κ1) is 20.5. The van der Waals surface area contributed by atoms with Crippen LogP contribution in [0.15, 0.2) is 24.5 Å². The Labute approximate surface area is 185 Å². The van der Waals surface area contributed by atoms with E-state index in [-0.39, 0.29) is 16.9 Å². The first-order valence-electron chi connectivity index (χ1n) is 10.6. The van der Waals surface area contributed by atoms with E-state index in [1.807, 2.05) is 0 Å². The molecule has 1 saturated heterocycles. The van der Waals surface area contributed by atoms with Crippen LogP contribution in [0.4, 0.5) is 9.52 Å². The highest BCUT2D eigenvalue weighted by molar-refractivity contribution is 7.19. The molecule has 6 nitrogen and oxygen atoms in total. The number of thiazole rings is 1.